The second-order valence-corrected chi connectivity index (χ2v) is 5.01. The lowest BCUT2D eigenvalue weighted by atomic mass is 10.0. The fourth-order valence-corrected chi connectivity index (χ4v) is 2.16. The molecule has 0 saturated heterocycles. The Bertz CT molecular complexity index is 319. The van der Waals surface area contributed by atoms with Crippen LogP contribution in [0.3, 0.4) is 0 Å². The van der Waals surface area contributed by atoms with Gasteiger partial charge in [0.15, 0.2) is 0 Å². The molecule has 0 fully saturated rings. The van der Waals surface area contributed by atoms with Crippen molar-refractivity contribution in [1.29, 1.82) is 0 Å². The molecule has 1 atom stereocenters. The van der Waals surface area contributed by atoms with Crippen molar-refractivity contribution < 1.29 is 5.11 Å². The number of aliphatic hydroxyl groups is 1. The molecule has 104 valence electrons. The van der Waals surface area contributed by atoms with E-state index >= 15 is 0 Å². The van der Waals surface area contributed by atoms with E-state index in [-0.39, 0.29) is 6.61 Å². The minimum Gasteiger partial charge on any atom is -0.396 e. The lowest BCUT2D eigenvalue weighted by Crippen LogP contribution is -2.25. The Balaban J connectivity index is 2.37. The highest BCUT2D eigenvalue weighted by Gasteiger charge is 2.09. The van der Waals surface area contributed by atoms with Gasteiger partial charge in [0, 0.05) is 12.6 Å². The van der Waals surface area contributed by atoms with Gasteiger partial charge in [0.25, 0.3) is 0 Å². The predicted molar refractivity (Wildman–Crippen MR) is 72.2 cm³/mol. The number of hydrogen-bond acceptors (Lipinski definition) is 4. The first-order chi connectivity index (χ1) is 8.69. The summed E-state index contributed by atoms with van der Waals surface area (Å²) in [7, 11) is 0. The summed E-state index contributed by atoms with van der Waals surface area (Å²) in [6, 6.07) is 0.341. The second-order valence-electron chi connectivity index (χ2n) is 5.01. The molecule has 0 aromatic carbocycles. The quantitative estimate of drug-likeness (QED) is 0.704. The van der Waals surface area contributed by atoms with Crippen LogP contribution >= 0.6 is 0 Å². The molecule has 2 N–H and O–H groups in total. The monoisotopic (exact) mass is 254 g/mol. The summed E-state index contributed by atoms with van der Waals surface area (Å²) in [4.78, 5) is 4.27. The number of hydrogen-bond donors (Lipinski definition) is 2. The average molecular weight is 254 g/mol. The Morgan fingerprint density at radius 3 is 2.78 bits per heavy atom. The third kappa shape index (κ3) is 4.74. The SMILES string of the molecule is CCCC(CCO)CNCc1ncnn1C(C)C. The minimum absolute atomic E-state index is 0.272. The zero-order valence-corrected chi connectivity index (χ0v) is 11.8. The average Bonchev–Trinajstić information content (AvgIpc) is 2.78. The standard InChI is InChI=1S/C13H26N4O/c1-4-5-12(6-7-18)8-14-9-13-15-10-16-17(13)11(2)3/h10-12,14,18H,4-9H2,1-3H3. The first-order valence-corrected chi connectivity index (χ1v) is 6.89. The third-order valence-corrected chi connectivity index (χ3v) is 3.09. The van der Waals surface area contributed by atoms with E-state index in [2.05, 4.69) is 36.2 Å². The maximum atomic E-state index is 9.01. The number of nitrogens with zero attached hydrogens (tertiary/aromatic N) is 3. The van der Waals surface area contributed by atoms with E-state index in [1.165, 1.54) is 0 Å². The van der Waals surface area contributed by atoms with Crippen molar-refractivity contribution in [3.63, 3.8) is 0 Å². The lowest BCUT2D eigenvalue weighted by molar-refractivity contribution is 0.247. The summed E-state index contributed by atoms with van der Waals surface area (Å²) < 4.78 is 1.94. The summed E-state index contributed by atoms with van der Waals surface area (Å²) in [5, 5.41) is 16.6. The van der Waals surface area contributed by atoms with Crippen LogP contribution in [0.5, 0.6) is 0 Å². The molecular weight excluding hydrogens is 228 g/mol. The van der Waals surface area contributed by atoms with Gasteiger partial charge < -0.3 is 10.4 Å². The van der Waals surface area contributed by atoms with Crippen LogP contribution < -0.4 is 5.32 Å². The summed E-state index contributed by atoms with van der Waals surface area (Å²) in [5.41, 5.74) is 0. The smallest absolute Gasteiger partial charge is 0.141 e. The van der Waals surface area contributed by atoms with Gasteiger partial charge in [0.1, 0.15) is 12.2 Å². The van der Waals surface area contributed by atoms with E-state index in [4.69, 9.17) is 5.11 Å². The largest absolute Gasteiger partial charge is 0.396 e. The van der Waals surface area contributed by atoms with Crippen LogP contribution in [0.4, 0.5) is 0 Å². The van der Waals surface area contributed by atoms with E-state index in [1.807, 2.05) is 4.68 Å². The Hall–Kier alpha value is -0.940. The highest BCUT2D eigenvalue weighted by molar-refractivity contribution is 4.85. The Morgan fingerprint density at radius 2 is 2.17 bits per heavy atom. The molecule has 0 aliphatic rings. The van der Waals surface area contributed by atoms with Gasteiger partial charge in [-0.05, 0) is 39.2 Å². The summed E-state index contributed by atoms with van der Waals surface area (Å²) in [5.74, 6) is 1.53. The lowest BCUT2D eigenvalue weighted by Gasteiger charge is -2.16. The van der Waals surface area contributed by atoms with Crippen molar-refractivity contribution in [3.8, 4) is 0 Å². The summed E-state index contributed by atoms with van der Waals surface area (Å²) in [6.45, 7) is 8.32. The van der Waals surface area contributed by atoms with Gasteiger partial charge >= 0.3 is 0 Å². The molecule has 0 aliphatic carbocycles. The van der Waals surface area contributed by atoms with Crippen LogP contribution in [0.1, 0.15) is 51.9 Å². The molecular formula is C13H26N4O. The molecule has 5 heteroatoms. The zero-order chi connectivity index (χ0) is 13.4. The fourth-order valence-electron chi connectivity index (χ4n) is 2.16. The first-order valence-electron chi connectivity index (χ1n) is 6.89. The number of rotatable bonds is 9. The number of aromatic nitrogens is 3. The highest BCUT2D eigenvalue weighted by Crippen LogP contribution is 2.10. The second kappa shape index (κ2) is 8.21. The van der Waals surface area contributed by atoms with Gasteiger partial charge in [-0.3, -0.25) is 0 Å². The molecule has 5 nitrogen and oxygen atoms in total. The van der Waals surface area contributed by atoms with Crippen molar-refractivity contribution in [2.45, 2.75) is 52.6 Å². The van der Waals surface area contributed by atoms with Gasteiger partial charge in [0.2, 0.25) is 0 Å². The van der Waals surface area contributed by atoms with Gasteiger partial charge in [-0.2, -0.15) is 5.10 Å². The van der Waals surface area contributed by atoms with E-state index in [0.29, 0.717) is 12.0 Å². The molecule has 0 aliphatic heterocycles. The number of nitrogens with one attached hydrogen (secondary N) is 1. The predicted octanol–water partition coefficient (Wildman–Crippen LogP) is 1.75. The van der Waals surface area contributed by atoms with Crippen molar-refractivity contribution in [2.75, 3.05) is 13.2 Å². The zero-order valence-electron chi connectivity index (χ0n) is 11.8. The van der Waals surface area contributed by atoms with Crippen molar-refractivity contribution in [3.05, 3.63) is 12.2 Å². The number of aliphatic hydroxyl groups excluding tert-OH is 1. The molecule has 1 aromatic heterocycles. The van der Waals surface area contributed by atoms with Crippen LogP contribution in [0, 0.1) is 5.92 Å². The van der Waals surface area contributed by atoms with Gasteiger partial charge in [-0.25, -0.2) is 9.67 Å². The van der Waals surface area contributed by atoms with E-state index in [1.54, 1.807) is 6.33 Å². The molecule has 1 heterocycles. The molecule has 0 radical (unpaired) electrons. The van der Waals surface area contributed by atoms with Crippen LogP contribution in [0.25, 0.3) is 0 Å². The normalized spacial score (nSPS) is 13.2. The van der Waals surface area contributed by atoms with E-state index < -0.39 is 0 Å². The van der Waals surface area contributed by atoms with E-state index in [9.17, 15) is 0 Å². The van der Waals surface area contributed by atoms with Gasteiger partial charge in [-0.15, -0.1) is 0 Å². The van der Waals surface area contributed by atoms with Gasteiger partial charge in [-0.1, -0.05) is 13.3 Å². The van der Waals surface area contributed by atoms with Crippen LogP contribution in [0.15, 0.2) is 6.33 Å². The van der Waals surface area contributed by atoms with Crippen LogP contribution in [-0.2, 0) is 6.54 Å². The minimum atomic E-state index is 0.272. The summed E-state index contributed by atoms with van der Waals surface area (Å²) in [6.07, 6.45) is 4.80. The molecule has 0 bridgehead atoms. The Labute approximate surface area is 110 Å². The van der Waals surface area contributed by atoms with Crippen molar-refractivity contribution in [1.82, 2.24) is 20.1 Å². The van der Waals surface area contributed by atoms with Crippen molar-refractivity contribution >= 4 is 0 Å². The fraction of sp³-hybridized carbons (Fsp3) is 0.846. The molecule has 0 saturated carbocycles. The maximum absolute atomic E-state index is 9.01. The van der Waals surface area contributed by atoms with Crippen LogP contribution in [0.2, 0.25) is 0 Å². The molecule has 0 spiro atoms. The first kappa shape index (κ1) is 15.1. The highest BCUT2D eigenvalue weighted by atomic mass is 16.3. The van der Waals surface area contributed by atoms with Crippen LogP contribution in [-0.4, -0.2) is 33.0 Å². The molecule has 1 aromatic rings. The Kier molecular flexibility index (Phi) is 6.90. The molecule has 0 amide bonds. The Morgan fingerprint density at radius 1 is 1.39 bits per heavy atom. The third-order valence-electron chi connectivity index (χ3n) is 3.09. The maximum Gasteiger partial charge on any atom is 0.141 e. The molecule has 1 rings (SSSR count). The topological polar surface area (TPSA) is 63.0 Å². The molecule has 18 heavy (non-hydrogen) atoms. The van der Waals surface area contributed by atoms with E-state index in [0.717, 1.165) is 38.2 Å². The van der Waals surface area contributed by atoms with Gasteiger partial charge in [0.05, 0.1) is 6.54 Å². The summed E-state index contributed by atoms with van der Waals surface area (Å²) >= 11 is 0. The molecule has 1 unspecified atom stereocenters. The van der Waals surface area contributed by atoms with Crippen molar-refractivity contribution in [2.24, 2.45) is 5.92 Å².